The fraction of sp³-hybridized carbons (Fsp3) is 0.462. The molecule has 0 atom stereocenters. The third-order valence-corrected chi connectivity index (χ3v) is 4.50. The molecule has 112 valence electrons. The fourth-order valence-electron chi connectivity index (χ4n) is 1.37. The van der Waals surface area contributed by atoms with E-state index in [1.165, 1.54) is 0 Å². The molecule has 4 nitrogen and oxygen atoms in total. The average molecular weight is 322 g/mol. The molecule has 1 aromatic rings. The molecular weight excluding hydrogens is 305 g/mol. The van der Waals surface area contributed by atoms with Crippen LogP contribution in [0, 0.1) is 11.2 Å². The van der Waals surface area contributed by atoms with Crippen molar-refractivity contribution in [3.05, 3.63) is 29.6 Å². The van der Waals surface area contributed by atoms with Crippen molar-refractivity contribution >= 4 is 25.6 Å². The van der Waals surface area contributed by atoms with E-state index in [1.807, 2.05) is 20.8 Å². The van der Waals surface area contributed by atoms with E-state index < -0.39 is 20.8 Å². The molecule has 1 rings (SSSR count). The highest BCUT2D eigenvalue weighted by Gasteiger charge is 2.20. The maximum absolute atomic E-state index is 13.6. The lowest BCUT2D eigenvalue weighted by molar-refractivity contribution is 0.0931. The number of carbonyl (C=O) groups excluding carboxylic acids is 1. The van der Waals surface area contributed by atoms with Gasteiger partial charge in [0.1, 0.15) is 5.82 Å². The molecule has 7 heteroatoms. The van der Waals surface area contributed by atoms with Gasteiger partial charge >= 0.3 is 0 Å². The number of hydrogen-bond acceptors (Lipinski definition) is 3. The number of rotatable bonds is 5. The van der Waals surface area contributed by atoms with Gasteiger partial charge in [0.15, 0.2) is 0 Å². The third-order valence-electron chi connectivity index (χ3n) is 3.15. The second-order valence-electron chi connectivity index (χ2n) is 5.28. The van der Waals surface area contributed by atoms with Crippen LogP contribution in [0.5, 0.6) is 0 Å². The number of nitrogens with one attached hydrogen (secondary N) is 1. The van der Waals surface area contributed by atoms with Gasteiger partial charge in [-0.1, -0.05) is 20.8 Å². The summed E-state index contributed by atoms with van der Waals surface area (Å²) in [5, 5.41) is 2.59. The Hall–Kier alpha value is -1.14. The zero-order valence-electron chi connectivity index (χ0n) is 11.5. The Bertz CT molecular complexity index is 614. The Balaban J connectivity index is 2.99. The van der Waals surface area contributed by atoms with E-state index in [-0.39, 0.29) is 15.9 Å². The molecule has 20 heavy (non-hydrogen) atoms. The van der Waals surface area contributed by atoms with Crippen molar-refractivity contribution in [2.45, 2.75) is 32.1 Å². The minimum atomic E-state index is -4.00. The van der Waals surface area contributed by atoms with Crippen LogP contribution < -0.4 is 5.32 Å². The van der Waals surface area contributed by atoms with E-state index in [0.29, 0.717) is 6.54 Å². The summed E-state index contributed by atoms with van der Waals surface area (Å²) in [5.41, 5.74) is -0.457. The first kappa shape index (κ1) is 16.9. The summed E-state index contributed by atoms with van der Waals surface area (Å²) in [4.78, 5) is 11.6. The van der Waals surface area contributed by atoms with Crippen LogP contribution in [0.2, 0.25) is 0 Å². The van der Waals surface area contributed by atoms with Crippen LogP contribution in [0.25, 0.3) is 0 Å². The van der Waals surface area contributed by atoms with Crippen molar-refractivity contribution in [3.63, 3.8) is 0 Å². The first-order valence-corrected chi connectivity index (χ1v) is 8.40. The number of halogens is 2. The molecule has 1 N–H and O–H groups in total. The van der Waals surface area contributed by atoms with Gasteiger partial charge in [-0.25, -0.2) is 12.8 Å². The molecule has 0 radical (unpaired) electrons. The van der Waals surface area contributed by atoms with E-state index in [1.54, 1.807) is 0 Å². The van der Waals surface area contributed by atoms with Gasteiger partial charge in [-0.2, -0.15) is 0 Å². The summed E-state index contributed by atoms with van der Waals surface area (Å²) in [5.74, 6) is -1.45. The highest BCUT2D eigenvalue weighted by Crippen LogP contribution is 2.20. The zero-order valence-corrected chi connectivity index (χ0v) is 13.1. The lowest BCUT2D eigenvalue weighted by atomic mass is 9.90. The Kier molecular flexibility index (Phi) is 5.15. The quantitative estimate of drug-likeness (QED) is 0.848. The van der Waals surface area contributed by atoms with E-state index in [2.05, 4.69) is 5.32 Å². The van der Waals surface area contributed by atoms with Gasteiger partial charge in [-0.3, -0.25) is 4.79 Å². The van der Waals surface area contributed by atoms with Crippen LogP contribution >= 0.6 is 10.7 Å². The van der Waals surface area contributed by atoms with Crippen molar-refractivity contribution in [2.75, 3.05) is 6.54 Å². The molecular formula is C13H17ClFNO3S. The molecule has 0 saturated heterocycles. The maximum atomic E-state index is 13.6. The molecule has 0 spiro atoms. The molecule has 1 amide bonds. The molecule has 0 unspecified atom stereocenters. The minimum Gasteiger partial charge on any atom is -0.351 e. The Morgan fingerprint density at radius 3 is 2.50 bits per heavy atom. The van der Waals surface area contributed by atoms with Gasteiger partial charge < -0.3 is 5.32 Å². The summed E-state index contributed by atoms with van der Waals surface area (Å²) in [6.07, 6.45) is 0.839. The average Bonchev–Trinajstić information content (AvgIpc) is 2.35. The van der Waals surface area contributed by atoms with Gasteiger partial charge in [-0.15, -0.1) is 0 Å². The molecule has 0 aliphatic heterocycles. The molecule has 1 aromatic carbocycles. The maximum Gasteiger partial charge on any atom is 0.261 e. The smallest absolute Gasteiger partial charge is 0.261 e. The predicted octanol–water partition coefficient (Wildman–Crippen LogP) is 2.92. The fourth-order valence-corrected chi connectivity index (χ4v) is 2.15. The SMILES string of the molecule is CCC(C)(C)CNC(=O)c1cc(S(=O)(=O)Cl)ccc1F. The second-order valence-corrected chi connectivity index (χ2v) is 7.85. The molecule has 0 saturated carbocycles. The molecule has 0 fully saturated rings. The largest absolute Gasteiger partial charge is 0.351 e. The van der Waals surface area contributed by atoms with E-state index >= 15 is 0 Å². The zero-order chi connectivity index (χ0) is 15.6. The Morgan fingerprint density at radius 1 is 1.40 bits per heavy atom. The van der Waals surface area contributed by atoms with Crippen molar-refractivity contribution in [1.29, 1.82) is 0 Å². The first-order chi connectivity index (χ1) is 9.07. The molecule has 0 aromatic heterocycles. The van der Waals surface area contributed by atoms with Gasteiger partial charge in [0, 0.05) is 17.2 Å². The van der Waals surface area contributed by atoms with E-state index in [0.717, 1.165) is 24.6 Å². The summed E-state index contributed by atoms with van der Waals surface area (Å²) < 4.78 is 36.0. The number of amides is 1. The summed E-state index contributed by atoms with van der Waals surface area (Å²) in [7, 11) is 1.18. The van der Waals surface area contributed by atoms with Crippen LogP contribution in [0.4, 0.5) is 4.39 Å². The van der Waals surface area contributed by atoms with Crippen LogP contribution in [0.3, 0.4) is 0 Å². The number of hydrogen-bond donors (Lipinski definition) is 1. The van der Waals surface area contributed by atoms with Crippen molar-refractivity contribution in [2.24, 2.45) is 5.41 Å². The molecule has 0 aliphatic carbocycles. The Labute approximate surface area is 122 Å². The predicted molar refractivity (Wildman–Crippen MR) is 75.8 cm³/mol. The van der Waals surface area contributed by atoms with Gasteiger partial charge in [0.2, 0.25) is 0 Å². The van der Waals surface area contributed by atoms with Crippen molar-refractivity contribution < 1.29 is 17.6 Å². The molecule has 0 aliphatic rings. The molecule has 0 heterocycles. The summed E-state index contributed by atoms with van der Waals surface area (Å²) in [6.45, 7) is 6.26. The monoisotopic (exact) mass is 321 g/mol. The Morgan fingerprint density at radius 2 is 2.00 bits per heavy atom. The number of carbonyl (C=O) groups is 1. The standard InChI is InChI=1S/C13H17ClFNO3S/c1-4-13(2,3)8-16-12(17)10-7-9(20(14,18)19)5-6-11(10)15/h5-7H,4,8H2,1-3H3,(H,16,17). The van der Waals surface area contributed by atoms with Gasteiger partial charge in [-0.05, 0) is 30.0 Å². The van der Waals surface area contributed by atoms with Crippen LogP contribution in [-0.2, 0) is 9.05 Å². The highest BCUT2D eigenvalue weighted by molar-refractivity contribution is 8.13. The van der Waals surface area contributed by atoms with Crippen LogP contribution in [0.15, 0.2) is 23.1 Å². The van der Waals surface area contributed by atoms with E-state index in [4.69, 9.17) is 10.7 Å². The lowest BCUT2D eigenvalue weighted by Crippen LogP contribution is -2.34. The number of benzene rings is 1. The first-order valence-electron chi connectivity index (χ1n) is 6.09. The van der Waals surface area contributed by atoms with Gasteiger partial charge in [0.05, 0.1) is 10.5 Å². The third kappa shape index (κ3) is 4.45. The molecule has 0 bridgehead atoms. The van der Waals surface area contributed by atoms with Gasteiger partial charge in [0.25, 0.3) is 15.0 Å². The highest BCUT2D eigenvalue weighted by atomic mass is 35.7. The summed E-state index contributed by atoms with van der Waals surface area (Å²) in [6, 6.07) is 2.87. The van der Waals surface area contributed by atoms with Crippen LogP contribution in [0.1, 0.15) is 37.6 Å². The van der Waals surface area contributed by atoms with Crippen molar-refractivity contribution in [3.8, 4) is 0 Å². The van der Waals surface area contributed by atoms with Crippen molar-refractivity contribution in [1.82, 2.24) is 5.32 Å². The van der Waals surface area contributed by atoms with E-state index in [9.17, 15) is 17.6 Å². The topological polar surface area (TPSA) is 63.2 Å². The summed E-state index contributed by atoms with van der Waals surface area (Å²) >= 11 is 0. The van der Waals surface area contributed by atoms with Crippen LogP contribution in [-0.4, -0.2) is 20.9 Å². The lowest BCUT2D eigenvalue weighted by Gasteiger charge is -2.22. The minimum absolute atomic E-state index is 0.123. The normalized spacial score (nSPS) is 12.2. The second kappa shape index (κ2) is 6.10.